The molecule has 2 aliphatic heterocycles. The monoisotopic (exact) mass is 442 g/mol. The Morgan fingerprint density at radius 2 is 1.93 bits per heavy atom. The normalized spacial score (nSPS) is 21.2. The van der Waals surface area contributed by atoms with Gasteiger partial charge in [0.15, 0.2) is 15.7 Å². The number of H-pyrrole nitrogens is 1. The Hall–Kier alpha value is -2.13. The van der Waals surface area contributed by atoms with E-state index in [9.17, 15) is 16.8 Å². The van der Waals surface area contributed by atoms with Crippen LogP contribution in [-0.4, -0.2) is 74.9 Å². The Balaban J connectivity index is 2.00. The highest BCUT2D eigenvalue weighted by atomic mass is 32.2. The van der Waals surface area contributed by atoms with Crippen LogP contribution < -0.4 is 21.1 Å². The van der Waals surface area contributed by atoms with Gasteiger partial charge in [0.2, 0.25) is 10.0 Å². The molecule has 0 aliphatic carbocycles. The van der Waals surface area contributed by atoms with E-state index in [0.29, 0.717) is 18.8 Å². The fourth-order valence-electron chi connectivity index (χ4n) is 3.71. The molecule has 2 fully saturated rings. The number of rotatable bonds is 5. The molecule has 12 nitrogen and oxygen atoms in total. The van der Waals surface area contributed by atoms with Gasteiger partial charge in [-0.3, -0.25) is 0 Å². The van der Waals surface area contributed by atoms with Crippen LogP contribution in [0.15, 0.2) is 21.9 Å². The molecular weight excluding hydrogens is 420 g/mol. The van der Waals surface area contributed by atoms with Gasteiger partial charge in [-0.25, -0.2) is 27.1 Å². The van der Waals surface area contributed by atoms with Crippen molar-refractivity contribution in [3.05, 3.63) is 12.1 Å². The van der Waals surface area contributed by atoms with E-state index >= 15 is 0 Å². The van der Waals surface area contributed by atoms with E-state index in [1.807, 2.05) is 4.90 Å². The van der Waals surface area contributed by atoms with E-state index < -0.39 is 30.0 Å². The van der Waals surface area contributed by atoms with Gasteiger partial charge in [-0.15, -0.1) is 5.10 Å². The van der Waals surface area contributed by atoms with Crippen molar-refractivity contribution in [2.75, 3.05) is 31.1 Å². The summed E-state index contributed by atoms with van der Waals surface area (Å²) in [7, 11) is -8.37. The number of benzene rings is 1. The molecule has 0 amide bonds. The molecule has 2 aromatic rings. The van der Waals surface area contributed by atoms with Gasteiger partial charge < -0.3 is 16.0 Å². The third-order valence-corrected chi connectivity index (χ3v) is 8.54. The molecule has 0 saturated carbocycles. The smallest absolute Gasteiger partial charge is 0.240 e. The summed E-state index contributed by atoms with van der Waals surface area (Å²) in [6, 6.07) is 2.78. The summed E-state index contributed by atoms with van der Waals surface area (Å²) >= 11 is 0. The average Bonchev–Trinajstić information content (AvgIpc) is 3.12. The first-order valence-corrected chi connectivity index (χ1v) is 12.2. The SMILES string of the molecule is N[C@@H]1CCCN(c2ccc(S(=O)(=O)C3CNC3)c(S(N)(=O)=O)c2-c2nnn[nH]2)C1. The van der Waals surface area contributed by atoms with Gasteiger partial charge in [0, 0.05) is 37.9 Å². The Labute approximate surface area is 168 Å². The maximum atomic E-state index is 13.1. The lowest BCUT2D eigenvalue weighted by Crippen LogP contribution is -2.51. The number of sulfone groups is 1. The quantitative estimate of drug-likeness (QED) is 0.410. The number of aromatic nitrogens is 4. The number of tetrazole rings is 1. The zero-order valence-electron chi connectivity index (χ0n) is 15.4. The van der Waals surface area contributed by atoms with Crippen molar-refractivity contribution in [1.29, 1.82) is 0 Å². The van der Waals surface area contributed by atoms with E-state index in [-0.39, 0.29) is 35.4 Å². The van der Waals surface area contributed by atoms with E-state index in [1.54, 1.807) is 6.07 Å². The van der Waals surface area contributed by atoms with Gasteiger partial charge in [-0.1, -0.05) is 0 Å². The number of hydrogen-bond acceptors (Lipinski definition) is 10. The Morgan fingerprint density at radius 1 is 1.17 bits per heavy atom. The molecule has 6 N–H and O–H groups in total. The molecule has 14 heteroatoms. The number of nitrogens with two attached hydrogens (primary N) is 2. The number of aromatic amines is 1. The van der Waals surface area contributed by atoms with Crippen LogP contribution >= 0.6 is 0 Å². The van der Waals surface area contributed by atoms with Crippen molar-refractivity contribution in [1.82, 2.24) is 25.9 Å². The fraction of sp³-hybridized carbons (Fsp3) is 0.533. The molecule has 158 valence electrons. The number of sulfonamides is 1. The number of hydrogen-bond donors (Lipinski definition) is 4. The Morgan fingerprint density at radius 3 is 2.48 bits per heavy atom. The summed E-state index contributed by atoms with van der Waals surface area (Å²) in [5.74, 6) is 0.0203. The second-order valence-corrected chi connectivity index (χ2v) is 11.0. The first kappa shape index (κ1) is 20.2. The number of anilines is 1. The molecule has 0 spiro atoms. The van der Waals surface area contributed by atoms with Gasteiger partial charge in [0.25, 0.3) is 0 Å². The lowest BCUT2D eigenvalue weighted by molar-refractivity contribution is 0.493. The molecule has 1 aromatic carbocycles. The Bertz CT molecular complexity index is 1110. The van der Waals surface area contributed by atoms with Crippen LogP contribution in [0.5, 0.6) is 0 Å². The third-order valence-electron chi connectivity index (χ3n) is 5.25. The molecule has 4 rings (SSSR count). The van der Waals surface area contributed by atoms with Crippen LogP contribution in [0.3, 0.4) is 0 Å². The minimum atomic E-state index is -4.44. The summed E-state index contributed by atoms with van der Waals surface area (Å²) in [4.78, 5) is 1.06. The van der Waals surface area contributed by atoms with Crippen molar-refractivity contribution in [2.24, 2.45) is 10.9 Å². The van der Waals surface area contributed by atoms with Crippen LogP contribution in [0.2, 0.25) is 0 Å². The topological polar surface area (TPSA) is 190 Å². The summed E-state index contributed by atoms with van der Waals surface area (Å²) < 4.78 is 51.4. The number of primary sulfonamides is 1. The van der Waals surface area contributed by atoms with Crippen molar-refractivity contribution in [3.8, 4) is 11.4 Å². The molecule has 2 saturated heterocycles. The molecule has 3 heterocycles. The molecule has 0 unspecified atom stereocenters. The largest absolute Gasteiger partial charge is 0.369 e. The molecular formula is C15H22N8O4S2. The highest BCUT2D eigenvalue weighted by Gasteiger charge is 2.39. The number of nitrogens with one attached hydrogen (secondary N) is 2. The predicted molar refractivity (Wildman–Crippen MR) is 104 cm³/mol. The standard InChI is InChI=1S/C15H22N8O4S2/c16-9-2-1-5-23(8-9)11-3-4-12(28(24,25)10-6-18-7-10)14(29(17,26)27)13(11)15-19-21-22-20-15/h3-4,9-10,18H,1-2,5-8,16H2,(H2,17,26,27)(H,19,20,21,22)/t9-/m1/s1. The molecule has 0 radical (unpaired) electrons. The van der Waals surface area contributed by atoms with Crippen molar-refractivity contribution in [3.63, 3.8) is 0 Å². The lowest BCUT2D eigenvalue weighted by Gasteiger charge is -2.34. The fourth-order valence-corrected chi connectivity index (χ4v) is 6.89. The first-order valence-electron chi connectivity index (χ1n) is 9.08. The summed E-state index contributed by atoms with van der Waals surface area (Å²) in [6.45, 7) is 1.60. The second kappa shape index (κ2) is 7.28. The van der Waals surface area contributed by atoms with Crippen LogP contribution in [0.25, 0.3) is 11.4 Å². The zero-order chi connectivity index (χ0) is 20.8. The first-order chi connectivity index (χ1) is 13.7. The summed E-state index contributed by atoms with van der Waals surface area (Å²) in [5.41, 5.74) is 6.59. The molecule has 29 heavy (non-hydrogen) atoms. The van der Waals surface area contributed by atoms with Crippen molar-refractivity contribution in [2.45, 2.75) is 33.9 Å². The van der Waals surface area contributed by atoms with E-state index in [0.717, 1.165) is 12.8 Å². The van der Waals surface area contributed by atoms with Gasteiger partial charge >= 0.3 is 0 Å². The van der Waals surface area contributed by atoms with E-state index in [1.165, 1.54) is 6.07 Å². The van der Waals surface area contributed by atoms with Gasteiger partial charge in [-0.2, -0.15) is 0 Å². The van der Waals surface area contributed by atoms with Crippen molar-refractivity contribution < 1.29 is 16.8 Å². The highest BCUT2D eigenvalue weighted by molar-refractivity contribution is 7.94. The minimum Gasteiger partial charge on any atom is -0.369 e. The van der Waals surface area contributed by atoms with E-state index in [2.05, 4.69) is 25.9 Å². The lowest BCUT2D eigenvalue weighted by atomic mass is 10.0. The highest BCUT2D eigenvalue weighted by Crippen LogP contribution is 2.40. The Kier molecular flexibility index (Phi) is 5.06. The molecule has 2 aliphatic rings. The third kappa shape index (κ3) is 3.61. The van der Waals surface area contributed by atoms with Gasteiger partial charge in [0.05, 0.1) is 15.7 Å². The predicted octanol–water partition coefficient (Wildman–Crippen LogP) is -1.81. The second-order valence-electron chi connectivity index (χ2n) is 7.26. The van der Waals surface area contributed by atoms with Gasteiger partial charge in [-0.05, 0) is 35.4 Å². The van der Waals surface area contributed by atoms with Crippen LogP contribution in [0, 0.1) is 0 Å². The van der Waals surface area contributed by atoms with Crippen LogP contribution in [0.1, 0.15) is 12.8 Å². The van der Waals surface area contributed by atoms with Gasteiger partial charge in [0.1, 0.15) is 4.90 Å². The van der Waals surface area contributed by atoms with Crippen LogP contribution in [-0.2, 0) is 19.9 Å². The van der Waals surface area contributed by atoms with Crippen LogP contribution in [0.4, 0.5) is 5.69 Å². The van der Waals surface area contributed by atoms with E-state index in [4.69, 9.17) is 10.9 Å². The molecule has 1 atom stereocenters. The molecule has 1 aromatic heterocycles. The van der Waals surface area contributed by atoms with Crippen molar-refractivity contribution >= 4 is 25.5 Å². The minimum absolute atomic E-state index is 0.0203. The zero-order valence-corrected chi connectivity index (χ0v) is 17.1. The molecule has 0 bridgehead atoms. The summed E-state index contributed by atoms with van der Waals surface area (Å²) in [5, 5.41) is 21.1. The summed E-state index contributed by atoms with van der Waals surface area (Å²) in [6.07, 6.45) is 1.66. The average molecular weight is 443 g/mol. The number of nitrogens with zero attached hydrogens (tertiary/aromatic N) is 4. The number of piperidine rings is 1. The maximum absolute atomic E-state index is 13.1. The maximum Gasteiger partial charge on any atom is 0.240 e.